The molecular weight excluding hydrogens is 240 g/mol. The summed E-state index contributed by atoms with van der Waals surface area (Å²) in [4.78, 5) is 7.66. The van der Waals surface area contributed by atoms with Gasteiger partial charge in [-0.25, -0.2) is 13.5 Å². The van der Waals surface area contributed by atoms with Gasteiger partial charge in [0.15, 0.2) is 0 Å². The van der Waals surface area contributed by atoms with Crippen LogP contribution in [0.15, 0.2) is 29.6 Å². The first kappa shape index (κ1) is 10.1. The zero-order chi connectivity index (χ0) is 10.9. The molecule has 0 aromatic carbocycles. The van der Waals surface area contributed by atoms with Crippen molar-refractivity contribution in [1.29, 1.82) is 0 Å². The van der Waals surface area contributed by atoms with Crippen molar-refractivity contribution >= 4 is 19.7 Å². The van der Waals surface area contributed by atoms with Crippen LogP contribution in [0, 0.1) is 0 Å². The topological polar surface area (TPSA) is 88.6 Å². The van der Waals surface area contributed by atoms with Crippen LogP contribution in [0.1, 0.15) is 0 Å². The number of hydrogen-bond acceptors (Lipinski definition) is 5. The minimum atomic E-state index is -3.87. The fourth-order valence-electron chi connectivity index (χ4n) is 0.966. The number of pyridine rings is 1. The van der Waals surface area contributed by atoms with Gasteiger partial charge in [-0.2, -0.15) is 10.1 Å². The maximum Gasteiger partial charge on any atom is 0.296 e. The normalized spacial score (nSPS) is 11.5. The van der Waals surface area contributed by atoms with E-state index in [0.717, 1.165) is 0 Å². The van der Waals surface area contributed by atoms with E-state index < -0.39 is 9.05 Å². The summed E-state index contributed by atoms with van der Waals surface area (Å²) in [6, 6.07) is 5.14. The third kappa shape index (κ3) is 2.13. The maximum absolute atomic E-state index is 10.9. The van der Waals surface area contributed by atoms with Crippen molar-refractivity contribution < 1.29 is 8.42 Å². The van der Waals surface area contributed by atoms with Crippen LogP contribution in [0.3, 0.4) is 0 Å². The number of H-pyrrole nitrogens is 1. The first-order valence-corrected chi connectivity index (χ1v) is 6.17. The molecule has 0 saturated carbocycles. The highest BCUT2D eigenvalue weighted by molar-refractivity contribution is 8.13. The van der Waals surface area contributed by atoms with E-state index in [-0.39, 0.29) is 11.0 Å². The van der Waals surface area contributed by atoms with E-state index in [9.17, 15) is 8.42 Å². The minimum Gasteiger partial charge on any atom is -0.253 e. The zero-order valence-electron chi connectivity index (χ0n) is 7.25. The van der Waals surface area contributed by atoms with Gasteiger partial charge < -0.3 is 0 Å². The van der Waals surface area contributed by atoms with Gasteiger partial charge in [-0.05, 0) is 12.1 Å². The van der Waals surface area contributed by atoms with Crippen LogP contribution < -0.4 is 0 Å². The third-order valence-corrected chi connectivity index (χ3v) is 2.67. The highest BCUT2D eigenvalue weighted by Gasteiger charge is 2.16. The molecule has 2 rings (SSSR count). The molecule has 15 heavy (non-hydrogen) atoms. The second-order valence-corrected chi connectivity index (χ2v) is 5.10. The lowest BCUT2D eigenvalue weighted by atomic mass is 10.3. The quantitative estimate of drug-likeness (QED) is 0.789. The van der Waals surface area contributed by atoms with Crippen LogP contribution in [0.4, 0.5) is 0 Å². The van der Waals surface area contributed by atoms with Crippen molar-refractivity contribution in [2.45, 2.75) is 5.16 Å². The Morgan fingerprint density at radius 1 is 1.33 bits per heavy atom. The molecule has 0 radical (unpaired) electrons. The minimum absolute atomic E-state index is 0.190. The Morgan fingerprint density at radius 2 is 2.13 bits per heavy atom. The predicted molar refractivity (Wildman–Crippen MR) is 52.7 cm³/mol. The summed E-state index contributed by atoms with van der Waals surface area (Å²) in [5.74, 6) is 0.190. The van der Waals surface area contributed by atoms with Crippen LogP contribution in [-0.2, 0) is 9.05 Å². The zero-order valence-corrected chi connectivity index (χ0v) is 8.83. The molecule has 2 heterocycles. The van der Waals surface area contributed by atoms with Crippen molar-refractivity contribution in [3.05, 3.63) is 24.4 Å². The Labute approximate surface area is 89.8 Å². The van der Waals surface area contributed by atoms with Crippen LogP contribution in [0.25, 0.3) is 11.5 Å². The molecule has 0 aliphatic rings. The number of nitrogens with zero attached hydrogens (tertiary/aromatic N) is 3. The number of nitrogens with one attached hydrogen (secondary N) is 1. The summed E-state index contributed by atoms with van der Waals surface area (Å²) in [7, 11) is 1.20. The van der Waals surface area contributed by atoms with Crippen molar-refractivity contribution in [2.75, 3.05) is 0 Å². The van der Waals surface area contributed by atoms with Crippen molar-refractivity contribution in [3.63, 3.8) is 0 Å². The number of aromatic amines is 1. The Bertz CT molecular complexity index is 566. The van der Waals surface area contributed by atoms with Crippen LogP contribution in [0.2, 0.25) is 0 Å². The Balaban J connectivity index is 2.46. The molecule has 78 valence electrons. The number of halogens is 1. The van der Waals surface area contributed by atoms with Crippen LogP contribution >= 0.6 is 10.7 Å². The molecular formula is C7H5ClN4O2S. The van der Waals surface area contributed by atoms with Crippen molar-refractivity contribution in [2.24, 2.45) is 0 Å². The average Bonchev–Trinajstić information content (AvgIpc) is 2.67. The lowest BCUT2D eigenvalue weighted by Crippen LogP contribution is -1.93. The highest BCUT2D eigenvalue weighted by Crippen LogP contribution is 2.14. The molecule has 0 bridgehead atoms. The van der Waals surface area contributed by atoms with Gasteiger partial charge in [-0.15, -0.1) is 0 Å². The van der Waals surface area contributed by atoms with Crippen LogP contribution in [0.5, 0.6) is 0 Å². The van der Waals surface area contributed by atoms with Gasteiger partial charge in [-0.3, -0.25) is 4.98 Å². The summed E-state index contributed by atoms with van der Waals surface area (Å²) in [6.07, 6.45) is 1.56. The molecule has 0 spiro atoms. The molecule has 2 aromatic heterocycles. The predicted octanol–water partition coefficient (Wildman–Crippen LogP) is 0.794. The molecule has 0 unspecified atom stereocenters. The molecule has 8 heteroatoms. The third-order valence-electron chi connectivity index (χ3n) is 1.59. The molecule has 0 atom stereocenters. The molecule has 0 aliphatic carbocycles. The summed E-state index contributed by atoms with van der Waals surface area (Å²) in [6.45, 7) is 0. The summed E-state index contributed by atoms with van der Waals surface area (Å²) >= 11 is 0. The van der Waals surface area contributed by atoms with Gasteiger partial charge in [0.25, 0.3) is 14.2 Å². The first-order valence-electron chi connectivity index (χ1n) is 3.86. The van der Waals surface area contributed by atoms with E-state index in [1.54, 1.807) is 24.4 Å². The second kappa shape index (κ2) is 3.59. The summed E-state index contributed by atoms with van der Waals surface area (Å²) in [5, 5.41) is 5.53. The van der Waals surface area contributed by atoms with Gasteiger partial charge in [0, 0.05) is 16.9 Å². The molecule has 0 amide bonds. The van der Waals surface area contributed by atoms with Crippen LogP contribution in [-0.4, -0.2) is 28.6 Å². The Kier molecular flexibility index (Phi) is 2.41. The number of rotatable bonds is 2. The van der Waals surface area contributed by atoms with Gasteiger partial charge >= 0.3 is 0 Å². The van der Waals surface area contributed by atoms with E-state index in [1.165, 1.54) is 0 Å². The van der Waals surface area contributed by atoms with Crippen molar-refractivity contribution in [1.82, 2.24) is 20.2 Å². The van der Waals surface area contributed by atoms with Gasteiger partial charge in [-0.1, -0.05) is 6.07 Å². The molecule has 2 aromatic rings. The fourth-order valence-corrected chi connectivity index (χ4v) is 1.52. The van der Waals surface area contributed by atoms with E-state index in [2.05, 4.69) is 20.2 Å². The monoisotopic (exact) mass is 244 g/mol. The van der Waals surface area contributed by atoms with Gasteiger partial charge in [0.2, 0.25) is 5.82 Å². The number of aromatic nitrogens is 4. The maximum atomic E-state index is 10.9. The molecule has 0 saturated heterocycles. The second-order valence-electron chi connectivity index (χ2n) is 2.62. The first-order chi connectivity index (χ1) is 7.07. The Morgan fingerprint density at radius 3 is 2.67 bits per heavy atom. The SMILES string of the molecule is O=S(=O)(Cl)c1nc(-c2ccccn2)n[nH]1. The lowest BCUT2D eigenvalue weighted by Gasteiger charge is -1.90. The standard InChI is InChI=1S/C7H5ClN4O2S/c8-15(13,14)7-10-6(11-12-7)5-3-1-2-4-9-5/h1-4H,(H,10,11,12). The average molecular weight is 245 g/mol. The summed E-state index contributed by atoms with van der Waals surface area (Å²) in [5.41, 5.74) is 0.473. The molecule has 1 N–H and O–H groups in total. The number of hydrogen-bond donors (Lipinski definition) is 1. The van der Waals surface area contributed by atoms with Gasteiger partial charge in [0.05, 0.1) is 0 Å². The van der Waals surface area contributed by atoms with E-state index >= 15 is 0 Å². The van der Waals surface area contributed by atoms with E-state index in [1.807, 2.05) is 0 Å². The largest absolute Gasteiger partial charge is 0.296 e. The van der Waals surface area contributed by atoms with E-state index in [0.29, 0.717) is 5.69 Å². The lowest BCUT2D eigenvalue weighted by molar-refractivity contribution is 0.602. The van der Waals surface area contributed by atoms with Crippen molar-refractivity contribution in [3.8, 4) is 11.5 Å². The summed E-state index contributed by atoms with van der Waals surface area (Å²) < 4.78 is 21.8. The molecule has 0 aliphatic heterocycles. The molecule has 6 nitrogen and oxygen atoms in total. The van der Waals surface area contributed by atoms with Gasteiger partial charge in [0.1, 0.15) is 5.69 Å². The fraction of sp³-hybridized carbons (Fsp3) is 0. The smallest absolute Gasteiger partial charge is 0.253 e. The molecule has 0 fully saturated rings. The Hall–Kier alpha value is -1.47. The van der Waals surface area contributed by atoms with E-state index in [4.69, 9.17) is 10.7 Å². The highest BCUT2D eigenvalue weighted by atomic mass is 35.7.